The summed E-state index contributed by atoms with van der Waals surface area (Å²) in [4.78, 5) is 0. The summed E-state index contributed by atoms with van der Waals surface area (Å²) in [5.41, 5.74) is 0. The highest BCUT2D eigenvalue weighted by Crippen LogP contribution is 2.13. The molecule has 0 saturated heterocycles. The quantitative estimate of drug-likeness (QED) is 0.240. The highest BCUT2D eigenvalue weighted by atomic mass is 14.0. The number of hydrogen-bond acceptors (Lipinski definition) is 0. The van der Waals surface area contributed by atoms with E-state index in [2.05, 4.69) is 20.3 Å². The van der Waals surface area contributed by atoms with Crippen LogP contribution in [0.2, 0.25) is 0 Å². The van der Waals surface area contributed by atoms with Gasteiger partial charge in [0.1, 0.15) is 0 Å². The second-order valence-corrected chi connectivity index (χ2v) is 6.32. The molecule has 0 aromatic heterocycles. The molecule has 0 aromatic rings. The van der Waals surface area contributed by atoms with Crippen molar-refractivity contribution in [3.63, 3.8) is 0 Å². The molecule has 20 heavy (non-hydrogen) atoms. The van der Waals surface area contributed by atoms with Crippen LogP contribution in [-0.2, 0) is 0 Å². The van der Waals surface area contributed by atoms with Gasteiger partial charge in [0.15, 0.2) is 0 Å². The van der Waals surface area contributed by atoms with E-state index in [0.717, 1.165) is 6.42 Å². The van der Waals surface area contributed by atoms with Gasteiger partial charge in [-0.05, 0) is 6.42 Å². The third-order valence-electron chi connectivity index (χ3n) is 4.22. The standard InChI is InChI=1S/C20H40/c1-3-5-7-9-11-13-15-17-19-20-18-16-14-12-10-8-6-4-2/h5H,1,3-4,6-20H2,2H3. The Hall–Kier alpha value is 0. The highest BCUT2D eigenvalue weighted by molar-refractivity contribution is 4.64. The second kappa shape index (κ2) is 19.0. The molecule has 0 spiro atoms. The van der Waals surface area contributed by atoms with Gasteiger partial charge in [-0.2, -0.15) is 0 Å². The van der Waals surface area contributed by atoms with Crippen molar-refractivity contribution in [3.05, 3.63) is 13.3 Å². The molecule has 0 N–H and O–H groups in total. The maximum atomic E-state index is 3.84. The SMILES string of the molecule is [CH2]C[CH]CCCCCCCCCCCCCCCCC. The van der Waals surface area contributed by atoms with E-state index in [-0.39, 0.29) is 0 Å². The Labute approximate surface area is 130 Å². The molecule has 0 bridgehead atoms. The normalized spacial score (nSPS) is 11.1. The van der Waals surface area contributed by atoms with Crippen LogP contribution in [0.1, 0.15) is 116 Å². The fourth-order valence-corrected chi connectivity index (χ4v) is 2.80. The second-order valence-electron chi connectivity index (χ2n) is 6.32. The fraction of sp³-hybridized carbons (Fsp3) is 0.900. The molecule has 0 aliphatic heterocycles. The van der Waals surface area contributed by atoms with Crippen molar-refractivity contribution in [2.45, 2.75) is 116 Å². The van der Waals surface area contributed by atoms with Gasteiger partial charge >= 0.3 is 0 Å². The third kappa shape index (κ3) is 18.0. The van der Waals surface area contributed by atoms with Crippen LogP contribution in [-0.4, -0.2) is 0 Å². The van der Waals surface area contributed by atoms with Crippen LogP contribution >= 0.6 is 0 Å². The molecular formula is C20H40. The first-order valence-electron chi connectivity index (χ1n) is 9.52. The molecule has 0 aromatic carbocycles. The minimum absolute atomic E-state index is 0.999. The lowest BCUT2D eigenvalue weighted by Gasteiger charge is -2.03. The van der Waals surface area contributed by atoms with E-state index in [0.29, 0.717) is 0 Å². The van der Waals surface area contributed by atoms with Crippen molar-refractivity contribution in [1.29, 1.82) is 0 Å². The third-order valence-corrected chi connectivity index (χ3v) is 4.22. The molecule has 0 fully saturated rings. The Balaban J connectivity index is 2.89. The fourth-order valence-electron chi connectivity index (χ4n) is 2.80. The van der Waals surface area contributed by atoms with E-state index in [1.165, 1.54) is 103 Å². The summed E-state index contributed by atoms with van der Waals surface area (Å²) in [5.74, 6) is 0. The molecule has 0 unspecified atom stereocenters. The van der Waals surface area contributed by atoms with Crippen LogP contribution in [0.15, 0.2) is 0 Å². The Bertz CT molecular complexity index is 132. The van der Waals surface area contributed by atoms with Crippen molar-refractivity contribution in [1.82, 2.24) is 0 Å². The average molecular weight is 281 g/mol. The molecule has 0 heterocycles. The van der Waals surface area contributed by atoms with Crippen molar-refractivity contribution >= 4 is 0 Å². The van der Waals surface area contributed by atoms with E-state index in [1.54, 1.807) is 0 Å². The molecule has 0 atom stereocenters. The minimum atomic E-state index is 0.999. The lowest BCUT2D eigenvalue weighted by atomic mass is 10.0. The maximum Gasteiger partial charge on any atom is -0.0386 e. The van der Waals surface area contributed by atoms with E-state index in [1.807, 2.05) is 0 Å². The molecule has 0 heteroatoms. The zero-order valence-electron chi connectivity index (χ0n) is 14.3. The van der Waals surface area contributed by atoms with Crippen LogP contribution in [0, 0.1) is 13.3 Å². The molecule has 0 rings (SSSR count). The van der Waals surface area contributed by atoms with Crippen LogP contribution in [0.5, 0.6) is 0 Å². The van der Waals surface area contributed by atoms with Gasteiger partial charge in [0.25, 0.3) is 0 Å². The first kappa shape index (κ1) is 20.0. The van der Waals surface area contributed by atoms with Gasteiger partial charge < -0.3 is 0 Å². The largest absolute Gasteiger partial charge is 0.0654 e. The van der Waals surface area contributed by atoms with Crippen molar-refractivity contribution < 1.29 is 0 Å². The van der Waals surface area contributed by atoms with Gasteiger partial charge in [-0.3, -0.25) is 0 Å². The van der Waals surface area contributed by atoms with Gasteiger partial charge in [0.2, 0.25) is 0 Å². The number of hydrogen-bond donors (Lipinski definition) is 0. The van der Waals surface area contributed by atoms with E-state index < -0.39 is 0 Å². The Morgan fingerprint density at radius 2 is 0.900 bits per heavy atom. The summed E-state index contributed by atoms with van der Waals surface area (Å²) < 4.78 is 0. The van der Waals surface area contributed by atoms with Crippen LogP contribution in [0.25, 0.3) is 0 Å². The maximum absolute atomic E-state index is 3.84. The minimum Gasteiger partial charge on any atom is -0.0654 e. The predicted octanol–water partition coefficient (Wildman–Crippen LogP) is 7.68. The predicted molar refractivity (Wildman–Crippen MR) is 93.8 cm³/mol. The molecule has 0 aliphatic rings. The van der Waals surface area contributed by atoms with Gasteiger partial charge in [-0.15, -0.1) is 0 Å². The first-order chi connectivity index (χ1) is 9.91. The topological polar surface area (TPSA) is 0 Å². The van der Waals surface area contributed by atoms with Gasteiger partial charge in [0.05, 0.1) is 0 Å². The van der Waals surface area contributed by atoms with Crippen molar-refractivity contribution in [2.24, 2.45) is 0 Å². The highest BCUT2D eigenvalue weighted by Gasteiger charge is 1.94. The summed E-state index contributed by atoms with van der Waals surface area (Å²) >= 11 is 0. The van der Waals surface area contributed by atoms with E-state index in [9.17, 15) is 0 Å². The molecule has 0 saturated carbocycles. The van der Waals surface area contributed by atoms with Gasteiger partial charge in [-0.25, -0.2) is 0 Å². The Kier molecular flexibility index (Phi) is 19.0. The summed E-state index contributed by atoms with van der Waals surface area (Å²) in [7, 11) is 0. The van der Waals surface area contributed by atoms with Crippen LogP contribution in [0.4, 0.5) is 0 Å². The molecule has 0 amide bonds. The monoisotopic (exact) mass is 280 g/mol. The smallest absolute Gasteiger partial charge is 0.0386 e. The van der Waals surface area contributed by atoms with Gasteiger partial charge in [0, 0.05) is 0 Å². The molecule has 0 aliphatic carbocycles. The first-order valence-corrected chi connectivity index (χ1v) is 9.52. The summed E-state index contributed by atoms with van der Waals surface area (Å²) in [5, 5.41) is 0. The van der Waals surface area contributed by atoms with E-state index in [4.69, 9.17) is 0 Å². The zero-order chi connectivity index (χ0) is 14.7. The van der Waals surface area contributed by atoms with Crippen molar-refractivity contribution in [3.8, 4) is 0 Å². The number of rotatable bonds is 17. The zero-order valence-corrected chi connectivity index (χ0v) is 14.3. The van der Waals surface area contributed by atoms with Crippen molar-refractivity contribution in [2.75, 3.05) is 0 Å². The lowest BCUT2D eigenvalue weighted by Crippen LogP contribution is -1.83. The lowest BCUT2D eigenvalue weighted by molar-refractivity contribution is 0.532. The Morgan fingerprint density at radius 3 is 1.25 bits per heavy atom. The molecule has 120 valence electrons. The summed E-state index contributed by atoms with van der Waals surface area (Å²) in [6, 6.07) is 0. The average Bonchev–Trinajstić information content (AvgIpc) is 2.47. The molecular weight excluding hydrogens is 240 g/mol. The van der Waals surface area contributed by atoms with Gasteiger partial charge in [-0.1, -0.05) is 123 Å². The van der Waals surface area contributed by atoms with E-state index >= 15 is 0 Å². The summed E-state index contributed by atoms with van der Waals surface area (Å²) in [6.07, 6.45) is 26.4. The molecule has 2 radical (unpaired) electrons. The number of unbranched alkanes of at least 4 members (excludes halogenated alkanes) is 17. The van der Waals surface area contributed by atoms with Crippen LogP contribution in [0.3, 0.4) is 0 Å². The molecule has 0 nitrogen and oxygen atoms in total. The Morgan fingerprint density at radius 1 is 0.550 bits per heavy atom. The summed E-state index contributed by atoms with van der Waals surface area (Å²) in [6.45, 7) is 6.13. The van der Waals surface area contributed by atoms with Crippen LogP contribution < -0.4 is 0 Å².